The Morgan fingerprint density at radius 2 is 1.92 bits per heavy atom. The second-order valence-electron chi connectivity index (χ2n) is 5.64. The molecular weight excluding hydrogens is 324 g/mol. The number of non-ortho nitro benzene ring substituents is 1. The zero-order valence-electron chi connectivity index (χ0n) is 13.5. The second-order valence-corrected chi connectivity index (χ2v) is 5.64. The number of ether oxygens (including phenoxy) is 2. The SMILES string of the molecule is COc1cc(C=Nc2ccc([N+](=O)[O-])cc2)ccc1OC(=O)C1CC1. The van der Waals surface area contributed by atoms with E-state index in [1.807, 2.05) is 0 Å². The van der Waals surface area contributed by atoms with Crippen molar-refractivity contribution in [3.63, 3.8) is 0 Å². The van der Waals surface area contributed by atoms with Crippen molar-refractivity contribution in [2.45, 2.75) is 12.8 Å². The summed E-state index contributed by atoms with van der Waals surface area (Å²) in [5.74, 6) is 0.604. The molecule has 1 aliphatic carbocycles. The van der Waals surface area contributed by atoms with Gasteiger partial charge in [0.15, 0.2) is 11.5 Å². The minimum Gasteiger partial charge on any atom is -0.493 e. The normalized spacial score (nSPS) is 13.6. The summed E-state index contributed by atoms with van der Waals surface area (Å²) in [7, 11) is 1.50. The highest BCUT2D eigenvalue weighted by Crippen LogP contribution is 2.34. The lowest BCUT2D eigenvalue weighted by molar-refractivity contribution is -0.384. The van der Waals surface area contributed by atoms with Gasteiger partial charge >= 0.3 is 5.97 Å². The maximum atomic E-state index is 11.8. The van der Waals surface area contributed by atoms with Gasteiger partial charge in [-0.15, -0.1) is 0 Å². The van der Waals surface area contributed by atoms with Crippen LogP contribution in [0.3, 0.4) is 0 Å². The van der Waals surface area contributed by atoms with Crippen LogP contribution < -0.4 is 9.47 Å². The largest absolute Gasteiger partial charge is 0.493 e. The van der Waals surface area contributed by atoms with Crippen LogP contribution in [0.4, 0.5) is 11.4 Å². The number of carbonyl (C=O) groups is 1. The molecule has 7 nitrogen and oxygen atoms in total. The van der Waals surface area contributed by atoms with Crippen LogP contribution in [0.15, 0.2) is 47.5 Å². The Hall–Kier alpha value is -3.22. The highest BCUT2D eigenvalue weighted by atomic mass is 16.6. The van der Waals surface area contributed by atoms with E-state index in [4.69, 9.17) is 9.47 Å². The van der Waals surface area contributed by atoms with Crippen LogP contribution in [0.25, 0.3) is 0 Å². The Balaban J connectivity index is 1.73. The van der Waals surface area contributed by atoms with E-state index in [1.165, 1.54) is 19.2 Å². The van der Waals surface area contributed by atoms with E-state index in [9.17, 15) is 14.9 Å². The van der Waals surface area contributed by atoms with E-state index in [1.54, 1.807) is 36.5 Å². The smallest absolute Gasteiger partial charge is 0.314 e. The van der Waals surface area contributed by atoms with Gasteiger partial charge in [-0.2, -0.15) is 0 Å². The third-order valence-corrected chi connectivity index (χ3v) is 3.73. The summed E-state index contributed by atoms with van der Waals surface area (Å²) in [5.41, 5.74) is 1.36. The molecule has 0 bridgehead atoms. The fourth-order valence-corrected chi connectivity index (χ4v) is 2.17. The van der Waals surface area contributed by atoms with Gasteiger partial charge in [-0.3, -0.25) is 19.9 Å². The van der Waals surface area contributed by atoms with E-state index in [0.717, 1.165) is 18.4 Å². The average Bonchev–Trinajstić information content (AvgIpc) is 3.46. The van der Waals surface area contributed by atoms with Gasteiger partial charge < -0.3 is 9.47 Å². The van der Waals surface area contributed by atoms with Gasteiger partial charge in [-0.1, -0.05) is 0 Å². The quantitative estimate of drug-likeness (QED) is 0.263. The van der Waals surface area contributed by atoms with Crippen molar-refractivity contribution in [3.05, 3.63) is 58.1 Å². The van der Waals surface area contributed by atoms with Crippen LogP contribution in [0.5, 0.6) is 11.5 Å². The number of nitro benzene ring substituents is 1. The Labute approximate surface area is 144 Å². The first-order valence-corrected chi connectivity index (χ1v) is 7.75. The summed E-state index contributed by atoms with van der Waals surface area (Å²) in [6, 6.07) is 11.1. The summed E-state index contributed by atoms with van der Waals surface area (Å²) >= 11 is 0. The minimum absolute atomic E-state index is 0.00748. The highest BCUT2D eigenvalue weighted by Gasteiger charge is 2.32. The van der Waals surface area contributed by atoms with Crippen molar-refractivity contribution in [3.8, 4) is 11.5 Å². The first-order chi connectivity index (χ1) is 12.1. The number of hydrogen-bond acceptors (Lipinski definition) is 6. The van der Waals surface area contributed by atoms with Crippen molar-refractivity contribution < 1.29 is 19.2 Å². The Morgan fingerprint density at radius 3 is 2.52 bits per heavy atom. The topological polar surface area (TPSA) is 91.0 Å². The lowest BCUT2D eigenvalue weighted by Gasteiger charge is -2.09. The molecule has 3 rings (SSSR count). The molecule has 2 aromatic rings. The average molecular weight is 340 g/mol. The Bertz CT molecular complexity index is 826. The first kappa shape index (κ1) is 16.6. The number of nitrogens with zero attached hydrogens (tertiary/aromatic N) is 2. The van der Waals surface area contributed by atoms with Gasteiger partial charge in [-0.25, -0.2) is 0 Å². The van der Waals surface area contributed by atoms with Crippen molar-refractivity contribution >= 4 is 23.6 Å². The minimum atomic E-state index is -0.458. The number of methoxy groups -OCH3 is 1. The zero-order valence-corrected chi connectivity index (χ0v) is 13.5. The molecule has 1 aliphatic rings. The van der Waals surface area contributed by atoms with Crippen molar-refractivity contribution in [2.75, 3.05) is 7.11 Å². The van der Waals surface area contributed by atoms with E-state index in [-0.39, 0.29) is 17.6 Å². The number of carbonyl (C=O) groups excluding carboxylic acids is 1. The third-order valence-electron chi connectivity index (χ3n) is 3.73. The maximum absolute atomic E-state index is 11.8. The van der Waals surface area contributed by atoms with Gasteiger partial charge in [0.05, 0.1) is 23.6 Å². The predicted molar refractivity (Wildman–Crippen MR) is 91.7 cm³/mol. The number of esters is 1. The zero-order chi connectivity index (χ0) is 17.8. The molecule has 0 N–H and O–H groups in total. The molecule has 0 unspecified atom stereocenters. The standard InChI is InChI=1S/C18H16N2O5/c1-24-17-10-12(2-9-16(17)25-18(21)13-3-4-13)11-19-14-5-7-15(8-6-14)20(22)23/h2,5-11,13H,3-4H2,1H3. The van der Waals surface area contributed by atoms with E-state index < -0.39 is 4.92 Å². The van der Waals surface area contributed by atoms with Crippen molar-refractivity contribution in [2.24, 2.45) is 10.9 Å². The van der Waals surface area contributed by atoms with Crippen LogP contribution in [0.2, 0.25) is 0 Å². The predicted octanol–water partition coefficient (Wildman–Crippen LogP) is 3.67. The van der Waals surface area contributed by atoms with Crippen LogP contribution in [0, 0.1) is 16.0 Å². The highest BCUT2D eigenvalue weighted by molar-refractivity contribution is 5.84. The molecule has 128 valence electrons. The molecule has 0 aliphatic heterocycles. The van der Waals surface area contributed by atoms with Crippen LogP contribution in [0.1, 0.15) is 18.4 Å². The van der Waals surface area contributed by atoms with Gasteiger partial charge in [-0.05, 0) is 48.7 Å². The molecule has 1 fully saturated rings. The van der Waals surface area contributed by atoms with E-state index >= 15 is 0 Å². The molecule has 25 heavy (non-hydrogen) atoms. The van der Waals surface area contributed by atoms with Gasteiger partial charge in [0.25, 0.3) is 5.69 Å². The third kappa shape index (κ3) is 4.20. The number of rotatable bonds is 6. The number of aliphatic imine (C=N–C) groups is 1. The van der Waals surface area contributed by atoms with Crippen molar-refractivity contribution in [1.82, 2.24) is 0 Å². The van der Waals surface area contributed by atoms with Crippen LogP contribution in [-0.4, -0.2) is 24.2 Å². The van der Waals surface area contributed by atoms with E-state index in [0.29, 0.717) is 17.2 Å². The summed E-state index contributed by atoms with van der Waals surface area (Å²) in [4.78, 5) is 26.2. The summed E-state index contributed by atoms with van der Waals surface area (Å²) in [5, 5.41) is 10.6. The number of nitro groups is 1. The molecular formula is C18H16N2O5. The van der Waals surface area contributed by atoms with Crippen LogP contribution in [-0.2, 0) is 4.79 Å². The summed E-state index contributed by atoms with van der Waals surface area (Å²) in [6.07, 6.45) is 3.36. The molecule has 0 radical (unpaired) electrons. The Morgan fingerprint density at radius 1 is 1.20 bits per heavy atom. The molecule has 0 saturated heterocycles. The van der Waals surface area contributed by atoms with Gasteiger partial charge in [0.2, 0.25) is 0 Å². The van der Waals surface area contributed by atoms with Crippen LogP contribution >= 0.6 is 0 Å². The van der Waals surface area contributed by atoms with E-state index in [2.05, 4.69) is 4.99 Å². The molecule has 0 spiro atoms. The Kier molecular flexibility index (Phi) is 4.74. The number of hydrogen-bond donors (Lipinski definition) is 0. The lowest BCUT2D eigenvalue weighted by Crippen LogP contribution is -2.10. The molecule has 0 amide bonds. The fraction of sp³-hybridized carbons (Fsp3) is 0.222. The number of benzene rings is 2. The second kappa shape index (κ2) is 7.12. The molecule has 0 aromatic heterocycles. The molecule has 7 heteroatoms. The molecule has 0 atom stereocenters. The monoisotopic (exact) mass is 340 g/mol. The molecule has 2 aromatic carbocycles. The summed E-state index contributed by atoms with van der Waals surface area (Å²) in [6.45, 7) is 0. The van der Waals surface area contributed by atoms with Gasteiger partial charge in [0.1, 0.15) is 0 Å². The first-order valence-electron chi connectivity index (χ1n) is 7.75. The molecule has 0 heterocycles. The summed E-state index contributed by atoms with van der Waals surface area (Å²) < 4.78 is 10.6. The van der Waals surface area contributed by atoms with Crippen molar-refractivity contribution in [1.29, 1.82) is 0 Å². The maximum Gasteiger partial charge on any atom is 0.314 e. The molecule has 1 saturated carbocycles. The van der Waals surface area contributed by atoms with Gasteiger partial charge in [0, 0.05) is 18.3 Å². The fourth-order valence-electron chi connectivity index (χ4n) is 2.17. The lowest BCUT2D eigenvalue weighted by atomic mass is 10.2.